The molecule has 0 aromatic heterocycles. The summed E-state index contributed by atoms with van der Waals surface area (Å²) in [4.78, 5) is 16.1. The number of nitrogens with zero attached hydrogens (tertiary/aromatic N) is 2. The maximum atomic E-state index is 12.3. The van der Waals surface area contributed by atoms with Crippen LogP contribution in [0.2, 0.25) is 0 Å². The van der Waals surface area contributed by atoms with E-state index in [9.17, 15) is 4.79 Å². The molecule has 4 nitrogen and oxygen atoms in total. The molecule has 0 unspecified atom stereocenters. The van der Waals surface area contributed by atoms with E-state index < -0.39 is 0 Å². The van der Waals surface area contributed by atoms with Crippen molar-refractivity contribution >= 4 is 5.91 Å². The average Bonchev–Trinajstić information content (AvgIpc) is 3.25. The molecule has 2 rings (SSSR count). The molecule has 1 fully saturated rings. The highest BCUT2D eigenvalue weighted by molar-refractivity contribution is 5.78. The minimum absolute atomic E-state index is 0.116. The smallest absolute Gasteiger partial charge is 0.236 e. The standard InChI is InChI=1S/C16H24N2O2/c1-13-5-3-4-6-14(13)11-17(2)16(20)12-18(9-10-19)15-7-8-15/h3-6,15,19H,7-12H2,1-2H3. The van der Waals surface area contributed by atoms with Gasteiger partial charge in [-0.1, -0.05) is 24.3 Å². The van der Waals surface area contributed by atoms with E-state index >= 15 is 0 Å². The molecule has 1 saturated carbocycles. The van der Waals surface area contributed by atoms with Crippen LogP contribution in [-0.2, 0) is 11.3 Å². The summed E-state index contributed by atoms with van der Waals surface area (Å²) in [6.07, 6.45) is 2.30. The van der Waals surface area contributed by atoms with Crippen molar-refractivity contribution in [2.45, 2.75) is 32.4 Å². The maximum absolute atomic E-state index is 12.3. The number of aliphatic hydroxyl groups excluding tert-OH is 1. The molecule has 4 heteroatoms. The van der Waals surface area contributed by atoms with Crippen LogP contribution in [0.1, 0.15) is 24.0 Å². The van der Waals surface area contributed by atoms with E-state index in [-0.39, 0.29) is 12.5 Å². The van der Waals surface area contributed by atoms with Gasteiger partial charge in [0.1, 0.15) is 0 Å². The van der Waals surface area contributed by atoms with Gasteiger partial charge in [0.15, 0.2) is 0 Å². The Labute approximate surface area is 121 Å². The van der Waals surface area contributed by atoms with Crippen LogP contribution in [0.3, 0.4) is 0 Å². The van der Waals surface area contributed by atoms with Gasteiger partial charge in [0.05, 0.1) is 13.2 Å². The van der Waals surface area contributed by atoms with E-state index in [1.807, 2.05) is 19.2 Å². The number of aliphatic hydroxyl groups is 1. The predicted octanol–water partition coefficient (Wildman–Crippen LogP) is 1.41. The van der Waals surface area contributed by atoms with Crippen molar-refractivity contribution in [2.24, 2.45) is 0 Å². The summed E-state index contributed by atoms with van der Waals surface area (Å²) in [5.74, 6) is 0.119. The van der Waals surface area contributed by atoms with Gasteiger partial charge in [-0.25, -0.2) is 0 Å². The summed E-state index contributed by atoms with van der Waals surface area (Å²) in [6.45, 7) is 3.83. The summed E-state index contributed by atoms with van der Waals surface area (Å²) in [5.41, 5.74) is 2.39. The van der Waals surface area contributed by atoms with Crippen molar-refractivity contribution in [3.8, 4) is 0 Å². The van der Waals surface area contributed by atoms with Crippen LogP contribution in [0.4, 0.5) is 0 Å². The molecule has 0 bridgehead atoms. The van der Waals surface area contributed by atoms with Crippen LogP contribution >= 0.6 is 0 Å². The largest absolute Gasteiger partial charge is 0.395 e. The highest BCUT2D eigenvalue weighted by Crippen LogP contribution is 2.26. The predicted molar refractivity (Wildman–Crippen MR) is 79.3 cm³/mol. The van der Waals surface area contributed by atoms with Crippen molar-refractivity contribution in [3.63, 3.8) is 0 Å². The first-order valence-electron chi connectivity index (χ1n) is 7.25. The Morgan fingerprint density at radius 1 is 1.35 bits per heavy atom. The highest BCUT2D eigenvalue weighted by Gasteiger charge is 2.30. The number of rotatable bonds is 7. The van der Waals surface area contributed by atoms with Gasteiger partial charge in [-0.05, 0) is 30.9 Å². The molecule has 1 N–H and O–H groups in total. The van der Waals surface area contributed by atoms with Gasteiger partial charge in [0, 0.05) is 26.2 Å². The molecule has 0 saturated heterocycles. The number of hydrogen-bond acceptors (Lipinski definition) is 3. The van der Waals surface area contributed by atoms with E-state index in [0.29, 0.717) is 25.7 Å². The number of hydrogen-bond donors (Lipinski definition) is 1. The normalized spacial score (nSPS) is 14.6. The summed E-state index contributed by atoms with van der Waals surface area (Å²) in [7, 11) is 1.85. The van der Waals surface area contributed by atoms with Crippen molar-refractivity contribution in [1.29, 1.82) is 0 Å². The summed E-state index contributed by atoms with van der Waals surface area (Å²) in [5, 5.41) is 9.07. The minimum Gasteiger partial charge on any atom is -0.395 e. The fourth-order valence-electron chi connectivity index (χ4n) is 2.38. The number of carbonyl (C=O) groups is 1. The number of aryl methyl sites for hydroxylation is 1. The SMILES string of the molecule is Cc1ccccc1CN(C)C(=O)CN(CCO)C1CC1. The molecule has 0 spiro atoms. The van der Waals surface area contributed by atoms with Crippen molar-refractivity contribution in [2.75, 3.05) is 26.7 Å². The molecule has 1 amide bonds. The first-order valence-corrected chi connectivity index (χ1v) is 7.25. The molecule has 1 aromatic rings. The summed E-state index contributed by atoms with van der Waals surface area (Å²) >= 11 is 0. The molecule has 0 heterocycles. The van der Waals surface area contributed by atoms with Gasteiger partial charge >= 0.3 is 0 Å². The van der Waals surface area contributed by atoms with Gasteiger partial charge in [0.25, 0.3) is 0 Å². The second-order valence-corrected chi connectivity index (χ2v) is 5.60. The lowest BCUT2D eigenvalue weighted by Crippen LogP contribution is -2.40. The molecular formula is C16H24N2O2. The third kappa shape index (κ3) is 4.05. The quantitative estimate of drug-likeness (QED) is 0.819. The summed E-state index contributed by atoms with van der Waals surface area (Å²) in [6, 6.07) is 8.64. The maximum Gasteiger partial charge on any atom is 0.236 e. The number of likely N-dealkylation sites (N-methyl/N-ethyl adjacent to an activating group) is 1. The topological polar surface area (TPSA) is 43.8 Å². The Balaban J connectivity index is 1.89. The number of amides is 1. The number of benzene rings is 1. The van der Waals surface area contributed by atoms with Crippen molar-refractivity contribution in [1.82, 2.24) is 9.80 Å². The zero-order valence-electron chi connectivity index (χ0n) is 12.4. The van der Waals surface area contributed by atoms with E-state index in [1.165, 1.54) is 11.1 Å². The molecule has 1 aliphatic carbocycles. The van der Waals surface area contributed by atoms with Gasteiger partial charge in [-0.3, -0.25) is 9.69 Å². The molecule has 1 aliphatic rings. The zero-order valence-corrected chi connectivity index (χ0v) is 12.4. The lowest BCUT2D eigenvalue weighted by atomic mass is 10.1. The Kier molecular flexibility index (Phi) is 5.15. The van der Waals surface area contributed by atoms with Crippen LogP contribution in [0, 0.1) is 6.92 Å². The van der Waals surface area contributed by atoms with Gasteiger partial charge < -0.3 is 10.0 Å². The Morgan fingerprint density at radius 2 is 2.05 bits per heavy atom. The van der Waals surface area contributed by atoms with Gasteiger partial charge in [-0.15, -0.1) is 0 Å². The van der Waals surface area contributed by atoms with Gasteiger partial charge in [-0.2, -0.15) is 0 Å². The van der Waals surface area contributed by atoms with Crippen LogP contribution in [0.5, 0.6) is 0 Å². The molecule has 0 aliphatic heterocycles. The average molecular weight is 276 g/mol. The van der Waals surface area contributed by atoms with Crippen molar-refractivity contribution in [3.05, 3.63) is 35.4 Å². The van der Waals surface area contributed by atoms with E-state index in [1.54, 1.807) is 4.90 Å². The Hall–Kier alpha value is -1.39. The second kappa shape index (κ2) is 6.86. The lowest BCUT2D eigenvalue weighted by Gasteiger charge is -2.24. The van der Waals surface area contributed by atoms with Gasteiger partial charge in [0.2, 0.25) is 5.91 Å². The monoisotopic (exact) mass is 276 g/mol. The second-order valence-electron chi connectivity index (χ2n) is 5.60. The fourth-order valence-corrected chi connectivity index (χ4v) is 2.38. The molecular weight excluding hydrogens is 252 g/mol. The lowest BCUT2D eigenvalue weighted by molar-refractivity contribution is -0.131. The van der Waals surface area contributed by atoms with Crippen LogP contribution in [-0.4, -0.2) is 53.6 Å². The Bertz CT molecular complexity index is 458. The summed E-state index contributed by atoms with van der Waals surface area (Å²) < 4.78 is 0. The zero-order chi connectivity index (χ0) is 14.5. The van der Waals surface area contributed by atoms with Crippen LogP contribution < -0.4 is 0 Å². The fraction of sp³-hybridized carbons (Fsp3) is 0.562. The van der Waals surface area contributed by atoms with Crippen molar-refractivity contribution < 1.29 is 9.90 Å². The third-order valence-corrected chi connectivity index (χ3v) is 3.88. The van der Waals surface area contributed by atoms with Crippen LogP contribution in [0.25, 0.3) is 0 Å². The van der Waals surface area contributed by atoms with E-state index in [2.05, 4.69) is 24.0 Å². The molecule has 20 heavy (non-hydrogen) atoms. The third-order valence-electron chi connectivity index (χ3n) is 3.88. The van der Waals surface area contributed by atoms with Crippen LogP contribution in [0.15, 0.2) is 24.3 Å². The molecule has 110 valence electrons. The van der Waals surface area contributed by atoms with E-state index in [0.717, 1.165) is 12.8 Å². The first-order chi connectivity index (χ1) is 9.61. The first kappa shape index (κ1) is 15.0. The molecule has 0 atom stereocenters. The van der Waals surface area contributed by atoms with E-state index in [4.69, 9.17) is 5.11 Å². The minimum atomic E-state index is 0.116. The highest BCUT2D eigenvalue weighted by atomic mass is 16.3. The Morgan fingerprint density at radius 3 is 2.65 bits per heavy atom. The molecule has 1 aromatic carbocycles. The molecule has 0 radical (unpaired) electrons. The number of carbonyl (C=O) groups excluding carboxylic acids is 1.